The standard InChI is InChI=1S/C35H31N7O3/c36-33-26(8-4-16-37-33)34-39-28-14-13-27(23-6-2-1-3-7-23)38-35(28)42(34)24-11-9-22(10-12-24)20-40-18-15-25(21-40)41-17-5-19-45-32-29(41)30(43)31(32)44/h1-4,6-14,16,25H,5,15,17-21H2,(H2,36,37)/t25-/m0/s1. The highest BCUT2D eigenvalue weighted by molar-refractivity contribution is 5.84. The smallest absolute Gasteiger partial charge is 0.272 e. The molecule has 1 saturated heterocycles. The molecular formula is C35H31N7O3. The molecule has 0 unspecified atom stereocenters. The Bertz CT molecular complexity index is 2100. The second kappa shape index (κ2) is 11.0. The van der Waals surface area contributed by atoms with Gasteiger partial charge in [0.25, 0.3) is 10.9 Å². The number of hydrogen-bond acceptors (Lipinski definition) is 9. The number of aromatic nitrogens is 4. The van der Waals surface area contributed by atoms with Gasteiger partial charge in [0, 0.05) is 49.7 Å². The van der Waals surface area contributed by atoms with E-state index in [2.05, 4.69) is 43.6 Å². The molecule has 10 nitrogen and oxygen atoms in total. The molecule has 6 aromatic rings. The van der Waals surface area contributed by atoms with Crippen molar-refractivity contribution in [2.24, 2.45) is 0 Å². The van der Waals surface area contributed by atoms with Gasteiger partial charge in [-0.2, -0.15) is 0 Å². The minimum Gasteiger partial charge on any atom is -0.487 e. The molecule has 0 aliphatic carbocycles. The Morgan fingerprint density at radius 1 is 0.889 bits per heavy atom. The number of benzene rings is 2. The Balaban J connectivity index is 1.08. The van der Waals surface area contributed by atoms with Crippen LogP contribution in [-0.4, -0.2) is 56.7 Å². The van der Waals surface area contributed by atoms with Crippen molar-refractivity contribution < 1.29 is 4.74 Å². The number of hydrogen-bond donors (Lipinski definition) is 1. The lowest BCUT2D eigenvalue weighted by molar-refractivity contribution is 0.316. The molecule has 2 N–H and O–H groups in total. The fourth-order valence-corrected chi connectivity index (χ4v) is 6.62. The third-order valence-corrected chi connectivity index (χ3v) is 8.86. The molecule has 224 valence electrons. The zero-order valence-corrected chi connectivity index (χ0v) is 24.6. The number of rotatable bonds is 6. The summed E-state index contributed by atoms with van der Waals surface area (Å²) in [6, 6.07) is 26.5. The Hall–Kier alpha value is -5.35. The van der Waals surface area contributed by atoms with Gasteiger partial charge in [-0.15, -0.1) is 0 Å². The number of nitrogen functional groups attached to an aromatic ring is 1. The van der Waals surface area contributed by atoms with Gasteiger partial charge in [-0.3, -0.25) is 19.1 Å². The van der Waals surface area contributed by atoms with E-state index in [0.29, 0.717) is 23.9 Å². The normalized spacial score (nSPS) is 17.0. The van der Waals surface area contributed by atoms with Crippen LogP contribution in [0.1, 0.15) is 18.4 Å². The van der Waals surface area contributed by atoms with Crippen molar-refractivity contribution in [1.29, 1.82) is 0 Å². The molecule has 2 aliphatic heterocycles. The van der Waals surface area contributed by atoms with Gasteiger partial charge in [0.05, 0.1) is 17.9 Å². The van der Waals surface area contributed by atoms with Gasteiger partial charge in [-0.1, -0.05) is 42.5 Å². The molecule has 45 heavy (non-hydrogen) atoms. The quantitative estimate of drug-likeness (QED) is 0.282. The van der Waals surface area contributed by atoms with E-state index in [9.17, 15) is 9.59 Å². The SMILES string of the molecule is Nc1ncccc1-c1nc2ccc(-c3ccccc3)nc2n1-c1ccc(CN2CC[C@H](N3CCCOc4c3c(=O)c4=O)C2)cc1. The fraction of sp³-hybridized carbons (Fsp3) is 0.229. The predicted molar refractivity (Wildman–Crippen MR) is 174 cm³/mol. The van der Waals surface area contributed by atoms with Crippen LogP contribution < -0.4 is 26.2 Å². The second-order valence-electron chi connectivity index (χ2n) is 11.7. The number of anilines is 2. The van der Waals surface area contributed by atoms with Crippen LogP contribution >= 0.6 is 0 Å². The molecule has 1 fully saturated rings. The second-order valence-corrected chi connectivity index (χ2v) is 11.7. The molecule has 5 heterocycles. The third-order valence-electron chi connectivity index (χ3n) is 8.86. The Labute approximate surface area is 259 Å². The number of fused-ring (bicyclic) bond motifs is 2. The minimum absolute atomic E-state index is 0.183. The molecule has 0 saturated carbocycles. The number of nitrogens with two attached hydrogens (primary N) is 1. The summed E-state index contributed by atoms with van der Waals surface area (Å²) >= 11 is 0. The first kappa shape index (κ1) is 27.2. The van der Waals surface area contributed by atoms with Gasteiger partial charge in [0.15, 0.2) is 17.2 Å². The van der Waals surface area contributed by atoms with Gasteiger partial charge in [-0.25, -0.2) is 15.0 Å². The Morgan fingerprint density at radius 3 is 2.56 bits per heavy atom. The van der Waals surface area contributed by atoms with E-state index < -0.39 is 10.9 Å². The summed E-state index contributed by atoms with van der Waals surface area (Å²) in [4.78, 5) is 43.2. The zero-order chi connectivity index (χ0) is 30.5. The number of ether oxygens (including phenoxy) is 1. The first-order valence-corrected chi connectivity index (χ1v) is 15.3. The van der Waals surface area contributed by atoms with E-state index in [0.717, 1.165) is 72.7 Å². The number of pyridine rings is 2. The van der Waals surface area contributed by atoms with Crippen LogP contribution in [0.25, 0.3) is 39.5 Å². The van der Waals surface area contributed by atoms with E-state index in [1.54, 1.807) is 6.20 Å². The maximum Gasteiger partial charge on any atom is 0.272 e. The highest BCUT2D eigenvalue weighted by Crippen LogP contribution is 2.33. The van der Waals surface area contributed by atoms with Gasteiger partial charge in [0.1, 0.15) is 17.0 Å². The molecule has 0 spiro atoms. The molecular weight excluding hydrogens is 566 g/mol. The van der Waals surface area contributed by atoms with Crippen LogP contribution in [0.15, 0.2) is 94.6 Å². The van der Waals surface area contributed by atoms with Crippen molar-refractivity contribution in [3.8, 4) is 34.1 Å². The molecule has 1 atom stereocenters. The first-order valence-electron chi connectivity index (χ1n) is 15.3. The summed E-state index contributed by atoms with van der Waals surface area (Å²) in [5.74, 6) is 1.35. The number of likely N-dealkylation sites (tertiary alicyclic amines) is 1. The van der Waals surface area contributed by atoms with Crippen molar-refractivity contribution >= 4 is 22.7 Å². The summed E-state index contributed by atoms with van der Waals surface area (Å²) in [6.07, 6.45) is 3.40. The molecule has 2 aliphatic rings. The van der Waals surface area contributed by atoms with E-state index in [-0.39, 0.29) is 11.8 Å². The van der Waals surface area contributed by atoms with Crippen molar-refractivity contribution in [2.45, 2.75) is 25.4 Å². The van der Waals surface area contributed by atoms with Crippen molar-refractivity contribution in [2.75, 3.05) is 36.9 Å². The summed E-state index contributed by atoms with van der Waals surface area (Å²) in [6.45, 7) is 3.72. The van der Waals surface area contributed by atoms with Crippen LogP contribution in [-0.2, 0) is 6.54 Å². The fourth-order valence-electron chi connectivity index (χ4n) is 6.62. The highest BCUT2D eigenvalue weighted by atomic mass is 16.5. The number of imidazole rings is 1. The average Bonchev–Trinajstić information content (AvgIpc) is 3.64. The van der Waals surface area contributed by atoms with Crippen LogP contribution in [0.2, 0.25) is 0 Å². The van der Waals surface area contributed by atoms with E-state index in [1.807, 2.05) is 54.6 Å². The predicted octanol–water partition coefficient (Wildman–Crippen LogP) is 4.19. The largest absolute Gasteiger partial charge is 0.487 e. The van der Waals surface area contributed by atoms with Gasteiger partial charge >= 0.3 is 0 Å². The summed E-state index contributed by atoms with van der Waals surface area (Å²) in [5.41, 5.74) is 12.2. The van der Waals surface area contributed by atoms with Crippen LogP contribution in [0.5, 0.6) is 5.75 Å². The van der Waals surface area contributed by atoms with E-state index >= 15 is 0 Å². The number of nitrogens with zero attached hydrogens (tertiary/aromatic N) is 6. The van der Waals surface area contributed by atoms with Crippen LogP contribution in [0, 0.1) is 0 Å². The van der Waals surface area contributed by atoms with Crippen molar-refractivity contribution in [3.63, 3.8) is 0 Å². The first-order chi connectivity index (χ1) is 22.0. The molecule has 0 bridgehead atoms. The van der Waals surface area contributed by atoms with Gasteiger partial charge in [0.2, 0.25) is 0 Å². The minimum atomic E-state index is -0.488. The summed E-state index contributed by atoms with van der Waals surface area (Å²) < 4.78 is 7.62. The van der Waals surface area contributed by atoms with Gasteiger partial charge < -0.3 is 15.4 Å². The maximum atomic E-state index is 12.4. The lowest BCUT2D eigenvalue weighted by Crippen LogP contribution is -2.46. The summed E-state index contributed by atoms with van der Waals surface area (Å²) in [5, 5.41) is 0. The topological polar surface area (TPSA) is 119 Å². The van der Waals surface area contributed by atoms with E-state index in [1.165, 1.54) is 5.56 Å². The van der Waals surface area contributed by atoms with Crippen LogP contribution in [0.3, 0.4) is 0 Å². The molecule has 8 rings (SSSR count). The van der Waals surface area contributed by atoms with E-state index in [4.69, 9.17) is 20.4 Å². The molecule has 3 aromatic carbocycles. The Morgan fingerprint density at radius 2 is 1.73 bits per heavy atom. The maximum absolute atomic E-state index is 12.4. The average molecular weight is 598 g/mol. The molecule has 3 aromatic heterocycles. The van der Waals surface area contributed by atoms with Gasteiger partial charge in [-0.05, 0) is 54.8 Å². The summed E-state index contributed by atoms with van der Waals surface area (Å²) in [7, 11) is 0. The zero-order valence-electron chi connectivity index (χ0n) is 24.6. The molecule has 0 radical (unpaired) electrons. The monoisotopic (exact) mass is 597 g/mol. The highest BCUT2D eigenvalue weighted by Gasteiger charge is 2.36. The van der Waals surface area contributed by atoms with Crippen LogP contribution in [0.4, 0.5) is 11.5 Å². The lowest BCUT2D eigenvalue weighted by Gasteiger charge is -2.30. The third kappa shape index (κ3) is 4.74. The van der Waals surface area contributed by atoms with Crippen molar-refractivity contribution in [3.05, 3.63) is 111 Å². The Kier molecular flexibility index (Phi) is 6.64. The lowest BCUT2D eigenvalue weighted by atomic mass is 10.1. The molecule has 10 heteroatoms. The molecule has 0 amide bonds. The van der Waals surface area contributed by atoms with Crippen molar-refractivity contribution in [1.82, 2.24) is 24.4 Å².